The molecular weight excluding hydrogens is 360 g/mol. The number of nitrogens with one attached hydrogen (secondary N) is 1. The Morgan fingerprint density at radius 3 is 2.72 bits per heavy atom. The van der Waals surface area contributed by atoms with Crippen LogP contribution in [0, 0.1) is 4.77 Å². The van der Waals surface area contributed by atoms with E-state index in [1.807, 2.05) is 6.07 Å². The van der Waals surface area contributed by atoms with E-state index in [0.717, 1.165) is 24.2 Å². The van der Waals surface area contributed by atoms with Crippen molar-refractivity contribution in [2.24, 2.45) is 5.10 Å². The SMILES string of the molecule is COc1cc(/C=N\n2c(C3CCCCC3)n[nH]c2=S)cc(Cl)c1OC. The fourth-order valence-corrected chi connectivity index (χ4v) is 3.66. The van der Waals surface area contributed by atoms with E-state index in [2.05, 4.69) is 15.3 Å². The highest BCUT2D eigenvalue weighted by molar-refractivity contribution is 7.71. The Hall–Kier alpha value is -1.86. The summed E-state index contributed by atoms with van der Waals surface area (Å²) in [5.41, 5.74) is 0.792. The van der Waals surface area contributed by atoms with Crippen molar-refractivity contribution in [1.29, 1.82) is 0 Å². The van der Waals surface area contributed by atoms with Gasteiger partial charge in [0.15, 0.2) is 17.3 Å². The zero-order valence-electron chi connectivity index (χ0n) is 14.3. The number of nitrogens with zero attached hydrogens (tertiary/aromatic N) is 3. The molecule has 2 aromatic rings. The molecule has 1 fully saturated rings. The molecular formula is C17H21ClN4O2S. The zero-order chi connectivity index (χ0) is 17.8. The van der Waals surface area contributed by atoms with E-state index in [9.17, 15) is 0 Å². The molecule has 6 nitrogen and oxygen atoms in total. The van der Waals surface area contributed by atoms with Gasteiger partial charge in [-0.1, -0.05) is 30.9 Å². The summed E-state index contributed by atoms with van der Waals surface area (Å²) in [7, 11) is 3.13. The summed E-state index contributed by atoms with van der Waals surface area (Å²) < 4.78 is 12.8. The minimum Gasteiger partial charge on any atom is -0.493 e. The van der Waals surface area contributed by atoms with E-state index in [4.69, 9.17) is 33.3 Å². The molecule has 25 heavy (non-hydrogen) atoms. The van der Waals surface area contributed by atoms with Gasteiger partial charge in [0, 0.05) is 5.92 Å². The van der Waals surface area contributed by atoms with Gasteiger partial charge in [-0.05, 0) is 42.8 Å². The lowest BCUT2D eigenvalue weighted by molar-refractivity contribution is 0.355. The van der Waals surface area contributed by atoms with Crippen molar-refractivity contribution in [3.63, 3.8) is 0 Å². The first-order valence-electron chi connectivity index (χ1n) is 8.27. The average molecular weight is 381 g/mol. The number of H-pyrrole nitrogens is 1. The number of aromatic amines is 1. The maximum Gasteiger partial charge on any atom is 0.216 e. The lowest BCUT2D eigenvalue weighted by atomic mass is 9.89. The third-order valence-electron chi connectivity index (χ3n) is 4.42. The van der Waals surface area contributed by atoms with Crippen LogP contribution in [0.2, 0.25) is 5.02 Å². The largest absolute Gasteiger partial charge is 0.493 e. The van der Waals surface area contributed by atoms with Crippen molar-refractivity contribution in [3.05, 3.63) is 33.3 Å². The lowest BCUT2D eigenvalue weighted by Gasteiger charge is -2.19. The quantitative estimate of drug-likeness (QED) is 0.610. The Bertz CT molecular complexity index is 825. The maximum atomic E-state index is 6.25. The second-order valence-corrected chi connectivity index (χ2v) is 6.81. The molecule has 134 valence electrons. The van der Waals surface area contributed by atoms with Gasteiger partial charge in [0.2, 0.25) is 4.77 Å². The summed E-state index contributed by atoms with van der Waals surface area (Å²) in [6, 6.07) is 3.59. The Balaban J connectivity index is 1.91. The normalized spacial score (nSPS) is 15.6. The van der Waals surface area contributed by atoms with E-state index in [-0.39, 0.29) is 0 Å². The Morgan fingerprint density at radius 2 is 2.04 bits per heavy atom. The van der Waals surface area contributed by atoms with Gasteiger partial charge in [0.1, 0.15) is 0 Å². The highest BCUT2D eigenvalue weighted by Gasteiger charge is 2.21. The third-order valence-corrected chi connectivity index (χ3v) is 4.97. The number of hydrogen-bond acceptors (Lipinski definition) is 5. The number of hydrogen-bond donors (Lipinski definition) is 1. The van der Waals surface area contributed by atoms with Gasteiger partial charge >= 0.3 is 0 Å². The van der Waals surface area contributed by atoms with Gasteiger partial charge in [-0.15, -0.1) is 0 Å². The fraction of sp³-hybridized carbons (Fsp3) is 0.471. The third kappa shape index (κ3) is 3.88. The number of aromatic nitrogens is 3. The van der Waals surface area contributed by atoms with Crippen LogP contribution < -0.4 is 9.47 Å². The molecule has 0 unspecified atom stereocenters. The van der Waals surface area contributed by atoms with Crippen molar-refractivity contribution in [1.82, 2.24) is 14.9 Å². The molecule has 0 saturated heterocycles. The van der Waals surface area contributed by atoms with Crippen LogP contribution in [0.1, 0.15) is 49.4 Å². The van der Waals surface area contributed by atoms with E-state index in [1.165, 1.54) is 19.3 Å². The van der Waals surface area contributed by atoms with Crippen LogP contribution in [0.25, 0.3) is 0 Å². The number of rotatable bonds is 5. The molecule has 0 bridgehead atoms. The molecule has 0 radical (unpaired) electrons. The van der Waals surface area contributed by atoms with Gasteiger partial charge < -0.3 is 9.47 Å². The van der Waals surface area contributed by atoms with Gasteiger partial charge in [-0.25, -0.2) is 0 Å². The molecule has 0 spiro atoms. The van der Waals surface area contributed by atoms with Crippen LogP contribution in [-0.2, 0) is 0 Å². The van der Waals surface area contributed by atoms with Gasteiger partial charge in [0.05, 0.1) is 25.5 Å². The molecule has 1 aliphatic rings. The number of methoxy groups -OCH3 is 2. The molecule has 3 rings (SSSR count). The second-order valence-electron chi connectivity index (χ2n) is 6.02. The minimum absolute atomic E-state index is 0.396. The second kappa shape index (κ2) is 8.01. The highest BCUT2D eigenvalue weighted by atomic mass is 35.5. The molecule has 8 heteroatoms. The predicted octanol–water partition coefficient (Wildman–Crippen LogP) is 4.54. The Morgan fingerprint density at radius 1 is 1.28 bits per heavy atom. The summed E-state index contributed by atoms with van der Waals surface area (Å²) in [6.07, 6.45) is 7.67. The smallest absolute Gasteiger partial charge is 0.216 e. The zero-order valence-corrected chi connectivity index (χ0v) is 15.9. The standard InChI is InChI=1S/C17H21ClN4O2S/c1-23-14-9-11(8-13(18)15(14)24-2)10-19-22-16(20-21-17(22)25)12-6-4-3-5-7-12/h8-10,12H,3-7H2,1-2H3,(H,21,25)/b19-10-. The topological polar surface area (TPSA) is 64.4 Å². The van der Waals surface area contributed by atoms with Crippen molar-refractivity contribution >= 4 is 30.0 Å². The van der Waals surface area contributed by atoms with Crippen molar-refractivity contribution in [2.75, 3.05) is 14.2 Å². The number of benzene rings is 1. The van der Waals surface area contributed by atoms with E-state index >= 15 is 0 Å². The molecule has 1 aromatic heterocycles. The minimum atomic E-state index is 0.396. The fourth-order valence-electron chi connectivity index (χ4n) is 3.18. The van der Waals surface area contributed by atoms with Crippen LogP contribution in [0.5, 0.6) is 11.5 Å². The molecule has 1 saturated carbocycles. The predicted molar refractivity (Wildman–Crippen MR) is 101 cm³/mol. The molecule has 1 aromatic carbocycles. The average Bonchev–Trinajstić information content (AvgIpc) is 3.00. The highest BCUT2D eigenvalue weighted by Crippen LogP contribution is 2.35. The number of ether oxygens (including phenoxy) is 2. The molecule has 1 heterocycles. The van der Waals surface area contributed by atoms with Gasteiger partial charge in [0.25, 0.3) is 0 Å². The summed E-state index contributed by atoms with van der Waals surface area (Å²) in [5.74, 6) is 2.35. The van der Waals surface area contributed by atoms with Crippen molar-refractivity contribution in [2.45, 2.75) is 38.0 Å². The lowest BCUT2D eigenvalue weighted by Crippen LogP contribution is -2.10. The molecule has 1 aliphatic carbocycles. The molecule has 0 aliphatic heterocycles. The Labute approximate surface area is 156 Å². The monoisotopic (exact) mass is 380 g/mol. The summed E-state index contributed by atoms with van der Waals surface area (Å²) >= 11 is 11.6. The first-order chi connectivity index (χ1) is 12.1. The van der Waals surface area contributed by atoms with Crippen molar-refractivity contribution in [3.8, 4) is 11.5 Å². The van der Waals surface area contributed by atoms with Crippen LogP contribution in [-0.4, -0.2) is 35.3 Å². The van der Waals surface area contributed by atoms with Crippen LogP contribution in [0.4, 0.5) is 0 Å². The molecule has 0 amide bonds. The summed E-state index contributed by atoms with van der Waals surface area (Å²) in [5, 5.41) is 12.2. The first kappa shape index (κ1) is 17.9. The summed E-state index contributed by atoms with van der Waals surface area (Å²) in [6.45, 7) is 0. The maximum absolute atomic E-state index is 6.25. The van der Waals surface area contributed by atoms with Crippen LogP contribution in [0.15, 0.2) is 17.2 Å². The van der Waals surface area contributed by atoms with E-state index < -0.39 is 0 Å². The van der Waals surface area contributed by atoms with Gasteiger partial charge in [-0.2, -0.15) is 14.9 Å². The van der Waals surface area contributed by atoms with Gasteiger partial charge in [-0.3, -0.25) is 5.10 Å². The molecule has 0 atom stereocenters. The van der Waals surface area contributed by atoms with Crippen LogP contribution in [0.3, 0.4) is 0 Å². The van der Waals surface area contributed by atoms with E-state index in [1.54, 1.807) is 31.2 Å². The van der Waals surface area contributed by atoms with Crippen LogP contribution >= 0.6 is 23.8 Å². The Kier molecular flexibility index (Phi) is 5.75. The first-order valence-corrected chi connectivity index (χ1v) is 9.06. The number of halogens is 1. The molecule has 1 N–H and O–H groups in total. The van der Waals surface area contributed by atoms with Crippen molar-refractivity contribution < 1.29 is 9.47 Å². The summed E-state index contributed by atoms with van der Waals surface area (Å²) in [4.78, 5) is 0. The van der Waals surface area contributed by atoms with E-state index in [0.29, 0.717) is 27.2 Å².